The summed E-state index contributed by atoms with van der Waals surface area (Å²) in [5.41, 5.74) is 2.30. The van der Waals surface area contributed by atoms with Crippen molar-refractivity contribution in [1.29, 1.82) is 0 Å². The summed E-state index contributed by atoms with van der Waals surface area (Å²) in [5, 5.41) is 10.7. The SMILES string of the molecule is CCc1nn(C)cc1CNC1CCCCNC1=O. The molecule has 2 heterocycles. The van der Waals surface area contributed by atoms with Gasteiger partial charge in [0.05, 0.1) is 11.7 Å². The van der Waals surface area contributed by atoms with Crippen LogP contribution in [0.15, 0.2) is 6.20 Å². The van der Waals surface area contributed by atoms with Gasteiger partial charge in [0.15, 0.2) is 0 Å². The Kier molecular flexibility index (Phi) is 4.36. The average Bonchev–Trinajstić information content (AvgIpc) is 2.59. The molecule has 0 radical (unpaired) electrons. The van der Waals surface area contributed by atoms with E-state index in [2.05, 4.69) is 22.7 Å². The van der Waals surface area contributed by atoms with E-state index in [1.54, 1.807) is 0 Å². The number of aromatic nitrogens is 2. The standard InChI is InChI=1S/C13H22N4O/c1-3-11-10(9-17(2)16-11)8-15-12-6-4-5-7-14-13(12)18/h9,12,15H,3-8H2,1-2H3,(H,14,18). The maximum absolute atomic E-state index is 11.8. The summed E-state index contributed by atoms with van der Waals surface area (Å²) in [5.74, 6) is 0.134. The molecular formula is C13H22N4O. The third-order valence-electron chi connectivity index (χ3n) is 3.40. The van der Waals surface area contributed by atoms with Gasteiger partial charge in [-0.1, -0.05) is 6.92 Å². The highest BCUT2D eigenvalue weighted by Gasteiger charge is 2.20. The van der Waals surface area contributed by atoms with Crippen molar-refractivity contribution >= 4 is 5.91 Å². The van der Waals surface area contributed by atoms with Crippen LogP contribution in [0.2, 0.25) is 0 Å². The number of rotatable bonds is 4. The van der Waals surface area contributed by atoms with Gasteiger partial charge < -0.3 is 10.6 Å². The van der Waals surface area contributed by atoms with Gasteiger partial charge in [-0.25, -0.2) is 0 Å². The molecule has 2 rings (SSSR count). The van der Waals surface area contributed by atoms with E-state index >= 15 is 0 Å². The van der Waals surface area contributed by atoms with Crippen molar-refractivity contribution in [3.05, 3.63) is 17.5 Å². The molecule has 0 aliphatic carbocycles. The first-order valence-corrected chi connectivity index (χ1v) is 6.73. The molecule has 0 spiro atoms. The first kappa shape index (κ1) is 13.1. The van der Waals surface area contributed by atoms with Crippen LogP contribution in [0.4, 0.5) is 0 Å². The average molecular weight is 250 g/mol. The summed E-state index contributed by atoms with van der Waals surface area (Å²) >= 11 is 0. The Bertz CT molecular complexity index is 413. The molecule has 5 heteroatoms. The Balaban J connectivity index is 1.95. The molecule has 0 aromatic carbocycles. The Labute approximate surface area is 108 Å². The van der Waals surface area contributed by atoms with Gasteiger partial charge in [0.25, 0.3) is 0 Å². The zero-order valence-electron chi connectivity index (χ0n) is 11.2. The summed E-state index contributed by atoms with van der Waals surface area (Å²) in [7, 11) is 1.93. The van der Waals surface area contributed by atoms with Gasteiger partial charge in [-0.15, -0.1) is 0 Å². The summed E-state index contributed by atoms with van der Waals surface area (Å²) in [6, 6.07) is -0.0580. The summed E-state index contributed by atoms with van der Waals surface area (Å²) in [4.78, 5) is 11.8. The largest absolute Gasteiger partial charge is 0.355 e. The maximum Gasteiger partial charge on any atom is 0.237 e. The molecule has 18 heavy (non-hydrogen) atoms. The van der Waals surface area contributed by atoms with Crippen LogP contribution in [0, 0.1) is 0 Å². The molecule has 1 amide bonds. The molecular weight excluding hydrogens is 228 g/mol. The van der Waals surface area contributed by atoms with Crippen molar-refractivity contribution in [2.45, 2.75) is 45.2 Å². The van der Waals surface area contributed by atoms with E-state index in [9.17, 15) is 4.79 Å². The third kappa shape index (κ3) is 3.10. The molecule has 1 aromatic rings. The second kappa shape index (κ2) is 6.00. The zero-order chi connectivity index (χ0) is 13.0. The molecule has 2 N–H and O–H groups in total. The minimum absolute atomic E-state index is 0.0580. The predicted octanol–water partition coefficient (Wildman–Crippen LogP) is 0.741. The lowest BCUT2D eigenvalue weighted by Gasteiger charge is -2.14. The van der Waals surface area contributed by atoms with Crippen molar-refractivity contribution in [2.75, 3.05) is 6.54 Å². The Morgan fingerprint density at radius 3 is 3.17 bits per heavy atom. The van der Waals surface area contributed by atoms with Crippen molar-refractivity contribution < 1.29 is 4.79 Å². The Morgan fingerprint density at radius 1 is 1.56 bits per heavy atom. The van der Waals surface area contributed by atoms with Crippen LogP contribution in [0.25, 0.3) is 0 Å². The van der Waals surface area contributed by atoms with Gasteiger partial charge in [0, 0.05) is 31.9 Å². The monoisotopic (exact) mass is 250 g/mol. The van der Waals surface area contributed by atoms with Crippen molar-refractivity contribution in [2.24, 2.45) is 7.05 Å². The van der Waals surface area contributed by atoms with Crippen LogP contribution >= 0.6 is 0 Å². The number of hydrogen-bond donors (Lipinski definition) is 2. The molecule has 1 aliphatic heterocycles. The fourth-order valence-electron chi connectivity index (χ4n) is 2.40. The van der Waals surface area contributed by atoms with E-state index in [1.807, 2.05) is 17.9 Å². The van der Waals surface area contributed by atoms with E-state index in [-0.39, 0.29) is 11.9 Å². The minimum atomic E-state index is -0.0580. The summed E-state index contributed by atoms with van der Waals surface area (Å²) < 4.78 is 1.84. The van der Waals surface area contributed by atoms with Crippen LogP contribution in [-0.4, -0.2) is 28.3 Å². The lowest BCUT2D eigenvalue weighted by Crippen LogP contribution is -2.42. The number of nitrogens with zero attached hydrogens (tertiary/aromatic N) is 2. The van der Waals surface area contributed by atoms with Crippen LogP contribution in [0.3, 0.4) is 0 Å². The topological polar surface area (TPSA) is 59.0 Å². The molecule has 0 saturated carbocycles. The van der Waals surface area contributed by atoms with E-state index in [4.69, 9.17) is 0 Å². The second-order valence-electron chi connectivity index (χ2n) is 4.85. The molecule has 1 fully saturated rings. The first-order chi connectivity index (χ1) is 8.70. The molecule has 1 atom stereocenters. The normalized spacial score (nSPS) is 20.6. The quantitative estimate of drug-likeness (QED) is 0.828. The van der Waals surface area contributed by atoms with Crippen LogP contribution in [0.1, 0.15) is 37.4 Å². The van der Waals surface area contributed by atoms with Gasteiger partial charge in [-0.05, 0) is 25.7 Å². The van der Waals surface area contributed by atoms with Crippen LogP contribution < -0.4 is 10.6 Å². The number of nitrogens with one attached hydrogen (secondary N) is 2. The Morgan fingerprint density at radius 2 is 2.39 bits per heavy atom. The van der Waals surface area contributed by atoms with E-state index in [1.165, 1.54) is 5.56 Å². The van der Waals surface area contributed by atoms with Gasteiger partial charge in [0.1, 0.15) is 0 Å². The lowest BCUT2D eigenvalue weighted by molar-refractivity contribution is -0.122. The van der Waals surface area contributed by atoms with Gasteiger partial charge in [0.2, 0.25) is 5.91 Å². The number of aryl methyl sites for hydroxylation is 2. The summed E-state index contributed by atoms with van der Waals surface area (Å²) in [6.45, 7) is 3.63. The van der Waals surface area contributed by atoms with Gasteiger partial charge in [-0.3, -0.25) is 9.48 Å². The van der Waals surface area contributed by atoms with Crippen molar-refractivity contribution in [1.82, 2.24) is 20.4 Å². The highest BCUT2D eigenvalue weighted by atomic mass is 16.2. The fourth-order valence-corrected chi connectivity index (χ4v) is 2.40. The molecule has 5 nitrogen and oxygen atoms in total. The fraction of sp³-hybridized carbons (Fsp3) is 0.692. The van der Waals surface area contributed by atoms with E-state index < -0.39 is 0 Å². The van der Waals surface area contributed by atoms with Crippen LogP contribution in [-0.2, 0) is 24.8 Å². The highest BCUT2D eigenvalue weighted by molar-refractivity contribution is 5.81. The minimum Gasteiger partial charge on any atom is -0.355 e. The molecule has 1 aliphatic rings. The number of amides is 1. The third-order valence-corrected chi connectivity index (χ3v) is 3.40. The molecule has 100 valence electrons. The Hall–Kier alpha value is -1.36. The summed E-state index contributed by atoms with van der Waals surface area (Å²) in [6.07, 6.45) is 6.06. The molecule has 1 aromatic heterocycles. The van der Waals surface area contributed by atoms with Gasteiger partial charge >= 0.3 is 0 Å². The number of carbonyl (C=O) groups is 1. The van der Waals surface area contributed by atoms with Crippen LogP contribution in [0.5, 0.6) is 0 Å². The lowest BCUT2D eigenvalue weighted by atomic mass is 10.1. The molecule has 1 saturated heterocycles. The molecule has 1 unspecified atom stereocenters. The van der Waals surface area contributed by atoms with Crippen molar-refractivity contribution in [3.63, 3.8) is 0 Å². The zero-order valence-corrected chi connectivity index (χ0v) is 11.2. The first-order valence-electron chi connectivity index (χ1n) is 6.73. The second-order valence-corrected chi connectivity index (χ2v) is 4.85. The maximum atomic E-state index is 11.8. The predicted molar refractivity (Wildman–Crippen MR) is 70.1 cm³/mol. The molecule has 0 bridgehead atoms. The number of carbonyl (C=O) groups excluding carboxylic acids is 1. The van der Waals surface area contributed by atoms with E-state index in [0.717, 1.165) is 44.5 Å². The number of hydrogen-bond acceptors (Lipinski definition) is 3. The smallest absolute Gasteiger partial charge is 0.237 e. The van der Waals surface area contributed by atoms with E-state index in [0.29, 0.717) is 0 Å². The van der Waals surface area contributed by atoms with Gasteiger partial charge in [-0.2, -0.15) is 5.10 Å². The van der Waals surface area contributed by atoms with Crippen molar-refractivity contribution in [3.8, 4) is 0 Å². The highest BCUT2D eigenvalue weighted by Crippen LogP contribution is 2.10.